The molecule has 1 heteroatoms. The number of rotatable bonds is 6. The van der Waals surface area contributed by atoms with Crippen molar-refractivity contribution >= 4 is 0 Å². The maximum Gasteiger partial charge on any atom is 0.00723 e. The zero-order chi connectivity index (χ0) is 10.7. The van der Waals surface area contributed by atoms with Crippen LogP contribution in [0.2, 0.25) is 0 Å². The standard InChI is InChI=1S/C14H27N/c1-3-11-7-8-14(9-11)15-13(4-2)10-12-5-6-12/h11-15H,3-10H2,1-2H3. The van der Waals surface area contributed by atoms with Crippen molar-refractivity contribution in [2.24, 2.45) is 11.8 Å². The topological polar surface area (TPSA) is 12.0 Å². The maximum atomic E-state index is 3.90. The minimum Gasteiger partial charge on any atom is -0.311 e. The van der Waals surface area contributed by atoms with Crippen LogP contribution in [0.4, 0.5) is 0 Å². The third-order valence-electron chi connectivity index (χ3n) is 4.40. The molecule has 88 valence electrons. The number of nitrogens with one attached hydrogen (secondary N) is 1. The highest BCUT2D eigenvalue weighted by Gasteiger charge is 2.28. The van der Waals surface area contributed by atoms with E-state index in [0.29, 0.717) is 0 Å². The lowest BCUT2D eigenvalue weighted by atomic mass is 10.0. The Labute approximate surface area is 95.0 Å². The SMILES string of the molecule is CCC1CCC(NC(CC)CC2CC2)C1. The van der Waals surface area contributed by atoms with Crippen LogP contribution < -0.4 is 5.32 Å². The Balaban J connectivity index is 1.69. The van der Waals surface area contributed by atoms with Gasteiger partial charge < -0.3 is 5.32 Å². The largest absolute Gasteiger partial charge is 0.311 e. The average molecular weight is 209 g/mol. The van der Waals surface area contributed by atoms with Gasteiger partial charge in [0.2, 0.25) is 0 Å². The molecule has 0 bridgehead atoms. The van der Waals surface area contributed by atoms with Crippen LogP contribution >= 0.6 is 0 Å². The molecule has 0 heterocycles. The minimum atomic E-state index is 0.818. The molecule has 0 spiro atoms. The molecule has 0 aliphatic heterocycles. The van der Waals surface area contributed by atoms with E-state index in [1.165, 1.54) is 51.4 Å². The van der Waals surface area contributed by atoms with Crippen LogP contribution in [0.1, 0.15) is 65.2 Å². The zero-order valence-electron chi connectivity index (χ0n) is 10.5. The molecule has 0 aromatic carbocycles. The minimum absolute atomic E-state index is 0.818. The fourth-order valence-corrected chi connectivity index (χ4v) is 3.04. The van der Waals surface area contributed by atoms with Crippen molar-refractivity contribution in [1.29, 1.82) is 0 Å². The first-order valence-corrected chi connectivity index (χ1v) is 7.07. The Kier molecular flexibility index (Phi) is 4.07. The lowest BCUT2D eigenvalue weighted by molar-refractivity contribution is 0.378. The van der Waals surface area contributed by atoms with Gasteiger partial charge in [0.05, 0.1) is 0 Å². The van der Waals surface area contributed by atoms with Gasteiger partial charge in [-0.1, -0.05) is 33.1 Å². The molecule has 0 saturated heterocycles. The van der Waals surface area contributed by atoms with Gasteiger partial charge in [0.25, 0.3) is 0 Å². The van der Waals surface area contributed by atoms with Gasteiger partial charge in [-0.15, -0.1) is 0 Å². The van der Waals surface area contributed by atoms with Gasteiger partial charge in [0.1, 0.15) is 0 Å². The molecule has 1 nitrogen and oxygen atoms in total. The van der Waals surface area contributed by atoms with Crippen molar-refractivity contribution in [1.82, 2.24) is 5.32 Å². The predicted molar refractivity (Wildman–Crippen MR) is 66.0 cm³/mol. The molecular weight excluding hydrogens is 182 g/mol. The quantitative estimate of drug-likeness (QED) is 0.703. The highest BCUT2D eigenvalue weighted by Crippen LogP contribution is 2.35. The molecule has 2 saturated carbocycles. The molecule has 0 radical (unpaired) electrons. The summed E-state index contributed by atoms with van der Waals surface area (Å²) in [5.74, 6) is 2.09. The van der Waals surface area contributed by atoms with Gasteiger partial charge in [-0.3, -0.25) is 0 Å². The molecular formula is C14H27N. The molecule has 0 amide bonds. The summed E-state index contributed by atoms with van der Waals surface area (Å²) in [6.07, 6.45) is 11.5. The van der Waals surface area contributed by atoms with E-state index in [1.807, 2.05) is 0 Å². The summed E-state index contributed by atoms with van der Waals surface area (Å²) < 4.78 is 0. The second kappa shape index (κ2) is 5.34. The lowest BCUT2D eigenvalue weighted by Gasteiger charge is -2.22. The first kappa shape index (κ1) is 11.4. The summed E-state index contributed by atoms with van der Waals surface area (Å²) in [5, 5.41) is 3.90. The Morgan fingerprint density at radius 2 is 1.80 bits per heavy atom. The summed E-state index contributed by atoms with van der Waals surface area (Å²) in [6, 6.07) is 1.66. The van der Waals surface area contributed by atoms with Crippen LogP contribution in [0.25, 0.3) is 0 Å². The summed E-state index contributed by atoms with van der Waals surface area (Å²) in [4.78, 5) is 0. The van der Waals surface area contributed by atoms with Crippen LogP contribution in [0.3, 0.4) is 0 Å². The Bertz CT molecular complexity index is 186. The summed E-state index contributed by atoms with van der Waals surface area (Å²) in [5.41, 5.74) is 0. The van der Waals surface area contributed by atoms with E-state index >= 15 is 0 Å². The highest BCUT2D eigenvalue weighted by atomic mass is 15.0. The summed E-state index contributed by atoms with van der Waals surface area (Å²) in [7, 11) is 0. The normalized spacial score (nSPS) is 33.2. The van der Waals surface area contributed by atoms with Crippen LogP contribution in [0, 0.1) is 11.8 Å². The lowest BCUT2D eigenvalue weighted by Crippen LogP contribution is -2.36. The van der Waals surface area contributed by atoms with E-state index in [1.54, 1.807) is 0 Å². The third kappa shape index (κ3) is 3.48. The molecule has 0 aromatic heterocycles. The van der Waals surface area contributed by atoms with E-state index in [4.69, 9.17) is 0 Å². The van der Waals surface area contributed by atoms with Crippen molar-refractivity contribution in [3.05, 3.63) is 0 Å². The molecule has 15 heavy (non-hydrogen) atoms. The van der Waals surface area contributed by atoms with Crippen LogP contribution in [-0.4, -0.2) is 12.1 Å². The smallest absolute Gasteiger partial charge is 0.00723 e. The van der Waals surface area contributed by atoms with Crippen LogP contribution in [-0.2, 0) is 0 Å². The van der Waals surface area contributed by atoms with Crippen molar-refractivity contribution in [2.45, 2.75) is 77.3 Å². The molecule has 2 aliphatic rings. The molecule has 0 aromatic rings. The van der Waals surface area contributed by atoms with E-state index in [0.717, 1.165) is 23.9 Å². The van der Waals surface area contributed by atoms with Crippen LogP contribution in [0.15, 0.2) is 0 Å². The number of hydrogen-bond acceptors (Lipinski definition) is 1. The highest BCUT2D eigenvalue weighted by molar-refractivity contribution is 4.85. The second-order valence-electron chi connectivity index (χ2n) is 5.74. The second-order valence-corrected chi connectivity index (χ2v) is 5.74. The summed E-state index contributed by atoms with van der Waals surface area (Å²) in [6.45, 7) is 4.68. The molecule has 2 aliphatic carbocycles. The van der Waals surface area contributed by atoms with E-state index in [9.17, 15) is 0 Å². The Morgan fingerprint density at radius 3 is 2.33 bits per heavy atom. The summed E-state index contributed by atoms with van der Waals surface area (Å²) >= 11 is 0. The van der Waals surface area contributed by atoms with Crippen molar-refractivity contribution < 1.29 is 0 Å². The van der Waals surface area contributed by atoms with Crippen molar-refractivity contribution in [2.75, 3.05) is 0 Å². The first-order chi connectivity index (χ1) is 7.31. The van der Waals surface area contributed by atoms with Crippen LogP contribution in [0.5, 0.6) is 0 Å². The molecule has 1 N–H and O–H groups in total. The molecule has 2 rings (SSSR count). The molecule has 3 atom stereocenters. The van der Waals surface area contributed by atoms with Crippen molar-refractivity contribution in [3.8, 4) is 0 Å². The maximum absolute atomic E-state index is 3.90. The average Bonchev–Trinajstić information content (AvgIpc) is 2.95. The van der Waals surface area contributed by atoms with E-state index < -0.39 is 0 Å². The molecule has 2 fully saturated rings. The predicted octanol–water partition coefficient (Wildman–Crippen LogP) is 3.73. The van der Waals surface area contributed by atoms with E-state index in [2.05, 4.69) is 19.2 Å². The fraction of sp³-hybridized carbons (Fsp3) is 1.00. The van der Waals surface area contributed by atoms with Gasteiger partial charge in [-0.05, 0) is 43.9 Å². The van der Waals surface area contributed by atoms with Crippen molar-refractivity contribution in [3.63, 3.8) is 0 Å². The first-order valence-electron chi connectivity index (χ1n) is 7.07. The molecule has 3 unspecified atom stereocenters. The number of hydrogen-bond donors (Lipinski definition) is 1. The van der Waals surface area contributed by atoms with E-state index in [-0.39, 0.29) is 0 Å². The van der Waals surface area contributed by atoms with Gasteiger partial charge in [-0.2, -0.15) is 0 Å². The Morgan fingerprint density at radius 1 is 1.07 bits per heavy atom. The fourth-order valence-electron chi connectivity index (χ4n) is 3.04. The van der Waals surface area contributed by atoms with Gasteiger partial charge in [-0.25, -0.2) is 0 Å². The monoisotopic (exact) mass is 209 g/mol. The Hall–Kier alpha value is -0.0400. The third-order valence-corrected chi connectivity index (χ3v) is 4.40. The zero-order valence-corrected chi connectivity index (χ0v) is 10.5. The van der Waals surface area contributed by atoms with Gasteiger partial charge in [0, 0.05) is 12.1 Å². The van der Waals surface area contributed by atoms with Gasteiger partial charge >= 0.3 is 0 Å². The van der Waals surface area contributed by atoms with Gasteiger partial charge in [0.15, 0.2) is 0 Å².